The average molecular weight is 233 g/mol. The minimum absolute atomic E-state index is 0.203. The van der Waals surface area contributed by atoms with Crippen molar-refractivity contribution >= 4 is 0 Å². The minimum Gasteiger partial charge on any atom is -0.337 e. The maximum atomic E-state index is 5.29. The van der Waals surface area contributed by atoms with Crippen LogP contribution in [0.1, 0.15) is 31.2 Å². The lowest BCUT2D eigenvalue weighted by atomic mass is 10.1. The molecule has 1 aliphatic rings. The second-order valence-electron chi connectivity index (χ2n) is 4.33. The smallest absolute Gasteiger partial charge is 0.244 e. The summed E-state index contributed by atoms with van der Waals surface area (Å²) in [5, 5.41) is 11.6. The van der Waals surface area contributed by atoms with Crippen LogP contribution in [-0.4, -0.2) is 26.5 Å². The van der Waals surface area contributed by atoms with E-state index in [1.165, 1.54) is 12.8 Å². The maximum absolute atomic E-state index is 5.29. The predicted octanol–water partition coefficient (Wildman–Crippen LogP) is 1.28. The third-order valence-corrected chi connectivity index (χ3v) is 2.99. The Bertz CT molecular complexity index is 497. The van der Waals surface area contributed by atoms with Crippen LogP contribution in [0.3, 0.4) is 0 Å². The zero-order chi connectivity index (χ0) is 11.7. The Morgan fingerprint density at radius 3 is 3.12 bits per heavy atom. The normalized spacial score (nSPS) is 20.6. The highest BCUT2D eigenvalue weighted by atomic mass is 16.5. The van der Waals surface area contributed by atoms with Gasteiger partial charge >= 0.3 is 0 Å². The predicted molar refractivity (Wildman–Crippen MR) is 61.1 cm³/mol. The highest BCUT2D eigenvalue weighted by Gasteiger charge is 2.21. The van der Waals surface area contributed by atoms with Crippen LogP contribution in [0, 0.1) is 0 Å². The standard InChI is InChI=1S/C11H15N5O/c1-16-7-5-8(14-16)10-13-11(17-15-10)9-4-2-3-6-12-9/h5,7,9,12H,2-4,6H2,1H3. The first-order valence-corrected chi connectivity index (χ1v) is 5.90. The van der Waals surface area contributed by atoms with Gasteiger partial charge in [-0.25, -0.2) is 0 Å². The quantitative estimate of drug-likeness (QED) is 0.846. The molecule has 17 heavy (non-hydrogen) atoms. The second-order valence-corrected chi connectivity index (χ2v) is 4.33. The summed E-state index contributed by atoms with van der Waals surface area (Å²) in [5.41, 5.74) is 0.748. The van der Waals surface area contributed by atoms with Gasteiger partial charge < -0.3 is 9.84 Å². The molecule has 1 unspecified atom stereocenters. The molecular formula is C11H15N5O. The number of rotatable bonds is 2. The van der Waals surface area contributed by atoms with Crippen LogP contribution in [0.4, 0.5) is 0 Å². The van der Waals surface area contributed by atoms with Gasteiger partial charge in [0.05, 0.1) is 6.04 Å². The highest BCUT2D eigenvalue weighted by molar-refractivity contribution is 5.46. The molecule has 6 heteroatoms. The average Bonchev–Trinajstić information content (AvgIpc) is 2.98. The lowest BCUT2D eigenvalue weighted by molar-refractivity contribution is 0.297. The number of aromatic nitrogens is 4. The fourth-order valence-electron chi connectivity index (χ4n) is 2.08. The molecule has 90 valence electrons. The molecule has 1 N–H and O–H groups in total. The molecule has 0 aromatic carbocycles. The molecule has 0 aliphatic carbocycles. The van der Waals surface area contributed by atoms with Crippen molar-refractivity contribution in [1.82, 2.24) is 25.2 Å². The van der Waals surface area contributed by atoms with Gasteiger partial charge in [0, 0.05) is 13.2 Å². The molecule has 1 saturated heterocycles. The van der Waals surface area contributed by atoms with Gasteiger partial charge in [-0.1, -0.05) is 11.6 Å². The summed E-state index contributed by atoms with van der Waals surface area (Å²) in [6.07, 6.45) is 5.35. The van der Waals surface area contributed by atoms with Crippen molar-refractivity contribution in [2.75, 3.05) is 6.54 Å². The van der Waals surface area contributed by atoms with E-state index in [4.69, 9.17) is 4.52 Å². The van der Waals surface area contributed by atoms with Gasteiger partial charge in [0.25, 0.3) is 0 Å². The first kappa shape index (κ1) is 10.5. The minimum atomic E-state index is 0.203. The topological polar surface area (TPSA) is 68.8 Å². The van der Waals surface area contributed by atoms with Crippen molar-refractivity contribution < 1.29 is 4.52 Å². The number of aryl methyl sites for hydroxylation is 1. The number of nitrogens with zero attached hydrogens (tertiary/aromatic N) is 4. The van der Waals surface area contributed by atoms with Gasteiger partial charge in [-0.2, -0.15) is 10.1 Å². The second kappa shape index (κ2) is 4.29. The molecule has 1 fully saturated rings. The molecule has 2 aromatic rings. The molecule has 0 saturated carbocycles. The van der Waals surface area contributed by atoms with E-state index >= 15 is 0 Å². The molecule has 2 aromatic heterocycles. The fraction of sp³-hybridized carbons (Fsp3) is 0.545. The van der Waals surface area contributed by atoms with Crippen molar-refractivity contribution in [3.63, 3.8) is 0 Å². The number of nitrogens with one attached hydrogen (secondary N) is 1. The Labute approximate surface area is 99.0 Å². The van der Waals surface area contributed by atoms with Crippen molar-refractivity contribution in [3.05, 3.63) is 18.2 Å². The fourth-order valence-corrected chi connectivity index (χ4v) is 2.08. The van der Waals surface area contributed by atoms with Crippen molar-refractivity contribution in [3.8, 4) is 11.5 Å². The monoisotopic (exact) mass is 233 g/mol. The van der Waals surface area contributed by atoms with E-state index in [1.54, 1.807) is 4.68 Å². The molecule has 0 amide bonds. The van der Waals surface area contributed by atoms with Crippen LogP contribution >= 0.6 is 0 Å². The van der Waals surface area contributed by atoms with E-state index in [2.05, 4.69) is 20.6 Å². The molecule has 6 nitrogen and oxygen atoms in total. The zero-order valence-corrected chi connectivity index (χ0v) is 9.76. The molecule has 3 heterocycles. The Balaban J connectivity index is 1.82. The molecule has 3 rings (SSSR count). The molecule has 0 radical (unpaired) electrons. The Hall–Kier alpha value is -1.69. The van der Waals surface area contributed by atoms with Gasteiger partial charge in [-0.05, 0) is 25.5 Å². The van der Waals surface area contributed by atoms with Gasteiger partial charge in [0.2, 0.25) is 11.7 Å². The van der Waals surface area contributed by atoms with Crippen LogP contribution in [0.5, 0.6) is 0 Å². The van der Waals surface area contributed by atoms with Crippen LogP contribution in [-0.2, 0) is 7.05 Å². The summed E-state index contributed by atoms with van der Waals surface area (Å²) < 4.78 is 7.02. The number of piperidine rings is 1. The zero-order valence-electron chi connectivity index (χ0n) is 9.76. The maximum Gasteiger partial charge on any atom is 0.244 e. The SMILES string of the molecule is Cn1ccc(-c2noc(C3CCCCN3)n2)n1. The molecule has 1 atom stereocenters. The van der Waals surface area contributed by atoms with Crippen molar-refractivity contribution in [2.45, 2.75) is 25.3 Å². The first-order valence-electron chi connectivity index (χ1n) is 5.90. The summed E-state index contributed by atoms with van der Waals surface area (Å²) in [6, 6.07) is 2.08. The van der Waals surface area contributed by atoms with Crippen molar-refractivity contribution in [1.29, 1.82) is 0 Å². The Kier molecular flexibility index (Phi) is 2.64. The van der Waals surface area contributed by atoms with E-state index in [9.17, 15) is 0 Å². The molecule has 0 bridgehead atoms. The third-order valence-electron chi connectivity index (χ3n) is 2.99. The van der Waals surface area contributed by atoms with Crippen LogP contribution in [0.25, 0.3) is 11.5 Å². The van der Waals surface area contributed by atoms with Crippen LogP contribution in [0.2, 0.25) is 0 Å². The van der Waals surface area contributed by atoms with E-state index in [0.717, 1.165) is 18.7 Å². The summed E-state index contributed by atoms with van der Waals surface area (Å²) in [5.74, 6) is 1.23. The first-order chi connectivity index (χ1) is 8.33. The summed E-state index contributed by atoms with van der Waals surface area (Å²) in [7, 11) is 1.87. The van der Waals surface area contributed by atoms with Crippen LogP contribution < -0.4 is 5.32 Å². The van der Waals surface area contributed by atoms with E-state index in [0.29, 0.717) is 11.7 Å². The Morgan fingerprint density at radius 2 is 2.41 bits per heavy atom. The van der Waals surface area contributed by atoms with Crippen molar-refractivity contribution in [2.24, 2.45) is 7.05 Å². The lowest BCUT2D eigenvalue weighted by Crippen LogP contribution is -2.26. The van der Waals surface area contributed by atoms with Crippen LogP contribution in [0.15, 0.2) is 16.8 Å². The number of hydrogen-bond acceptors (Lipinski definition) is 5. The van der Waals surface area contributed by atoms with E-state index < -0.39 is 0 Å². The van der Waals surface area contributed by atoms with Gasteiger partial charge in [0.15, 0.2) is 0 Å². The molecule has 0 spiro atoms. The van der Waals surface area contributed by atoms with E-state index in [1.807, 2.05) is 19.3 Å². The molecular weight excluding hydrogens is 218 g/mol. The van der Waals surface area contributed by atoms with Gasteiger partial charge in [0.1, 0.15) is 5.69 Å². The summed E-state index contributed by atoms with van der Waals surface area (Å²) in [4.78, 5) is 4.40. The van der Waals surface area contributed by atoms with Gasteiger partial charge in [-0.3, -0.25) is 4.68 Å². The Morgan fingerprint density at radius 1 is 1.47 bits per heavy atom. The third kappa shape index (κ3) is 2.08. The lowest BCUT2D eigenvalue weighted by Gasteiger charge is -2.19. The summed E-state index contributed by atoms with van der Waals surface area (Å²) in [6.45, 7) is 1.02. The molecule has 1 aliphatic heterocycles. The van der Waals surface area contributed by atoms with Gasteiger partial charge in [-0.15, -0.1) is 0 Å². The largest absolute Gasteiger partial charge is 0.337 e. The summed E-state index contributed by atoms with van der Waals surface area (Å²) >= 11 is 0. The van der Waals surface area contributed by atoms with E-state index in [-0.39, 0.29) is 6.04 Å². The highest BCUT2D eigenvalue weighted by Crippen LogP contribution is 2.23. The number of hydrogen-bond donors (Lipinski definition) is 1.